The van der Waals surface area contributed by atoms with Gasteiger partial charge in [0, 0.05) is 24.4 Å². The lowest BCUT2D eigenvalue weighted by atomic mass is 10.1. The van der Waals surface area contributed by atoms with Crippen molar-refractivity contribution < 1.29 is 14.6 Å². The van der Waals surface area contributed by atoms with Crippen LogP contribution in [0, 0.1) is 0 Å². The predicted octanol–water partition coefficient (Wildman–Crippen LogP) is 2.77. The van der Waals surface area contributed by atoms with Crippen LogP contribution in [-0.4, -0.2) is 37.5 Å². The van der Waals surface area contributed by atoms with Crippen molar-refractivity contribution in [2.75, 3.05) is 12.8 Å². The number of methoxy groups -OCH3 is 1. The molecule has 0 atom stereocenters. The number of imidazole rings is 1. The highest BCUT2D eigenvalue weighted by atomic mass is 16.5. The molecule has 0 spiro atoms. The van der Waals surface area contributed by atoms with Gasteiger partial charge in [0.1, 0.15) is 16.8 Å². The molecule has 0 saturated carbocycles. The lowest BCUT2D eigenvalue weighted by Gasteiger charge is -2.11. The number of carbonyl (C=O) groups is 1. The molecule has 4 rings (SSSR count). The highest BCUT2D eigenvalue weighted by molar-refractivity contribution is 5.97. The van der Waals surface area contributed by atoms with Gasteiger partial charge in [-0.15, -0.1) is 0 Å². The summed E-state index contributed by atoms with van der Waals surface area (Å²) < 4.78 is 9.15. The molecule has 0 aliphatic heterocycles. The first-order valence-corrected chi connectivity index (χ1v) is 8.62. The number of aryl methyl sites for hydroxylation is 1. The van der Waals surface area contributed by atoms with E-state index in [-0.39, 0.29) is 5.56 Å². The van der Waals surface area contributed by atoms with Crippen LogP contribution in [0.5, 0.6) is 5.75 Å². The summed E-state index contributed by atoms with van der Waals surface area (Å²) in [7, 11) is 3.46. The van der Waals surface area contributed by atoms with E-state index in [4.69, 9.17) is 15.6 Å². The molecular weight excluding hydrogens is 358 g/mol. The van der Waals surface area contributed by atoms with Crippen LogP contribution in [0.15, 0.2) is 48.8 Å². The molecule has 28 heavy (non-hydrogen) atoms. The number of hydrogen-bond donors (Lipinski definition) is 2. The Morgan fingerprint density at radius 2 is 1.96 bits per heavy atom. The van der Waals surface area contributed by atoms with Crippen LogP contribution in [0.25, 0.3) is 22.2 Å². The lowest BCUT2D eigenvalue weighted by Crippen LogP contribution is -2.06. The lowest BCUT2D eigenvalue weighted by molar-refractivity contribution is 0.0697. The minimum absolute atomic E-state index is 0.239. The van der Waals surface area contributed by atoms with E-state index in [1.165, 1.54) is 0 Å². The molecule has 8 heteroatoms. The molecular formula is C20H19N5O3. The van der Waals surface area contributed by atoms with Crippen LogP contribution < -0.4 is 10.5 Å². The number of nitrogens with two attached hydrogens (primary N) is 1. The molecule has 0 unspecified atom stereocenters. The SMILES string of the molecule is COc1ccc(-c2cnn(C)c2)c2nc(N)n(Cc3ccc(C(=O)O)cc3)c12. The Kier molecular flexibility index (Phi) is 4.23. The Morgan fingerprint density at radius 1 is 1.21 bits per heavy atom. The molecule has 3 N–H and O–H groups in total. The van der Waals surface area contributed by atoms with Crippen molar-refractivity contribution >= 4 is 23.0 Å². The van der Waals surface area contributed by atoms with Crippen molar-refractivity contribution in [2.24, 2.45) is 7.05 Å². The van der Waals surface area contributed by atoms with Crippen molar-refractivity contribution in [1.82, 2.24) is 19.3 Å². The summed E-state index contributed by atoms with van der Waals surface area (Å²) in [6.07, 6.45) is 3.70. The highest BCUT2D eigenvalue weighted by Gasteiger charge is 2.18. The third-order valence-electron chi connectivity index (χ3n) is 4.66. The van der Waals surface area contributed by atoms with E-state index < -0.39 is 5.97 Å². The van der Waals surface area contributed by atoms with Gasteiger partial charge in [0.25, 0.3) is 0 Å². The van der Waals surface area contributed by atoms with Crippen LogP contribution in [0.3, 0.4) is 0 Å². The summed E-state index contributed by atoms with van der Waals surface area (Å²) in [5.74, 6) is 0.0582. The number of hydrogen-bond acceptors (Lipinski definition) is 5. The largest absolute Gasteiger partial charge is 0.494 e. The summed E-state index contributed by atoms with van der Waals surface area (Å²) in [4.78, 5) is 15.6. The number of carboxylic acids is 1. The van der Waals surface area contributed by atoms with Gasteiger partial charge in [0.2, 0.25) is 5.95 Å². The number of nitrogens with zero attached hydrogens (tertiary/aromatic N) is 4. The van der Waals surface area contributed by atoms with Crippen LogP contribution in [0.2, 0.25) is 0 Å². The van der Waals surface area contributed by atoms with E-state index in [0.29, 0.717) is 18.2 Å². The summed E-state index contributed by atoms with van der Waals surface area (Å²) in [6, 6.07) is 10.5. The minimum Gasteiger partial charge on any atom is -0.494 e. The molecule has 0 saturated heterocycles. The van der Waals surface area contributed by atoms with Gasteiger partial charge >= 0.3 is 5.97 Å². The third-order valence-corrected chi connectivity index (χ3v) is 4.66. The fraction of sp³-hybridized carbons (Fsp3) is 0.150. The second-order valence-electron chi connectivity index (χ2n) is 6.47. The molecule has 0 aliphatic carbocycles. The zero-order valence-corrected chi connectivity index (χ0v) is 15.5. The average molecular weight is 377 g/mol. The zero-order valence-electron chi connectivity index (χ0n) is 15.5. The first kappa shape index (κ1) is 17.6. The molecule has 0 amide bonds. The Bertz CT molecular complexity index is 1170. The first-order chi connectivity index (χ1) is 13.5. The smallest absolute Gasteiger partial charge is 0.335 e. The van der Waals surface area contributed by atoms with Gasteiger partial charge < -0.3 is 20.1 Å². The number of benzene rings is 2. The molecule has 0 aliphatic rings. The number of rotatable bonds is 5. The molecule has 0 bridgehead atoms. The number of ether oxygens (including phenoxy) is 1. The normalized spacial score (nSPS) is 11.1. The first-order valence-electron chi connectivity index (χ1n) is 8.62. The van der Waals surface area contributed by atoms with Gasteiger partial charge in [0.05, 0.1) is 25.4 Å². The minimum atomic E-state index is -0.957. The maximum atomic E-state index is 11.1. The number of aromatic carboxylic acids is 1. The highest BCUT2D eigenvalue weighted by Crippen LogP contribution is 2.35. The fourth-order valence-electron chi connectivity index (χ4n) is 3.28. The van der Waals surface area contributed by atoms with Gasteiger partial charge in [-0.1, -0.05) is 12.1 Å². The van der Waals surface area contributed by atoms with Crippen LogP contribution in [-0.2, 0) is 13.6 Å². The van der Waals surface area contributed by atoms with E-state index in [0.717, 1.165) is 27.7 Å². The zero-order chi connectivity index (χ0) is 19.8. The maximum Gasteiger partial charge on any atom is 0.335 e. The molecule has 2 aromatic heterocycles. The monoisotopic (exact) mass is 377 g/mol. The number of carboxylic acid groups (broad SMARTS) is 1. The molecule has 8 nitrogen and oxygen atoms in total. The molecule has 0 radical (unpaired) electrons. The maximum absolute atomic E-state index is 11.1. The number of anilines is 1. The van der Waals surface area contributed by atoms with Crippen molar-refractivity contribution in [3.63, 3.8) is 0 Å². The summed E-state index contributed by atoms with van der Waals surface area (Å²) in [6.45, 7) is 0.440. The topological polar surface area (TPSA) is 108 Å². The number of fused-ring (bicyclic) bond motifs is 1. The Hall–Kier alpha value is -3.81. The Morgan fingerprint density at radius 3 is 2.57 bits per heavy atom. The van der Waals surface area contributed by atoms with Crippen molar-refractivity contribution in [2.45, 2.75) is 6.54 Å². The standard InChI is InChI=1S/C20H19N5O3/c1-24-11-14(9-22-24)15-7-8-16(28-2)18-17(15)23-20(21)25(18)10-12-3-5-13(6-4-12)19(26)27/h3-9,11H,10H2,1-2H3,(H2,21,23)(H,26,27). The van der Waals surface area contributed by atoms with E-state index in [1.807, 2.05) is 29.9 Å². The van der Waals surface area contributed by atoms with Crippen LogP contribution in [0.1, 0.15) is 15.9 Å². The van der Waals surface area contributed by atoms with E-state index in [9.17, 15) is 4.79 Å². The fourth-order valence-corrected chi connectivity index (χ4v) is 3.28. The predicted molar refractivity (Wildman–Crippen MR) is 105 cm³/mol. The van der Waals surface area contributed by atoms with Gasteiger partial charge in [0.15, 0.2) is 0 Å². The van der Waals surface area contributed by atoms with E-state index in [1.54, 1.807) is 42.3 Å². The van der Waals surface area contributed by atoms with Crippen LogP contribution in [0.4, 0.5) is 5.95 Å². The van der Waals surface area contributed by atoms with Crippen molar-refractivity contribution in [3.05, 3.63) is 59.9 Å². The van der Waals surface area contributed by atoms with E-state index in [2.05, 4.69) is 10.1 Å². The average Bonchev–Trinajstić information content (AvgIpc) is 3.25. The van der Waals surface area contributed by atoms with Gasteiger partial charge in [-0.25, -0.2) is 9.78 Å². The molecule has 0 fully saturated rings. The molecule has 142 valence electrons. The van der Waals surface area contributed by atoms with Crippen molar-refractivity contribution in [1.29, 1.82) is 0 Å². The van der Waals surface area contributed by atoms with Gasteiger partial charge in [-0.2, -0.15) is 5.10 Å². The second-order valence-corrected chi connectivity index (χ2v) is 6.47. The summed E-state index contributed by atoms with van der Waals surface area (Å²) in [5, 5.41) is 13.3. The van der Waals surface area contributed by atoms with Gasteiger partial charge in [-0.05, 0) is 29.8 Å². The van der Waals surface area contributed by atoms with E-state index >= 15 is 0 Å². The Labute approximate surface area is 160 Å². The second kappa shape index (κ2) is 6.73. The quantitative estimate of drug-likeness (QED) is 0.554. The molecule has 2 aromatic carbocycles. The van der Waals surface area contributed by atoms with Crippen molar-refractivity contribution in [3.8, 4) is 16.9 Å². The van der Waals surface area contributed by atoms with Crippen LogP contribution >= 0.6 is 0 Å². The Balaban J connectivity index is 1.84. The third kappa shape index (κ3) is 2.94. The molecule has 4 aromatic rings. The number of nitrogen functional groups attached to an aromatic ring is 1. The number of aromatic nitrogens is 4. The molecule has 2 heterocycles. The summed E-state index contributed by atoms with van der Waals surface area (Å²) >= 11 is 0. The summed E-state index contributed by atoms with van der Waals surface area (Å²) in [5.41, 5.74) is 10.7. The van der Waals surface area contributed by atoms with Gasteiger partial charge in [-0.3, -0.25) is 4.68 Å².